The molecular weight excluding hydrogens is 334 g/mol. The quantitative estimate of drug-likeness (QED) is 0.628. The lowest BCUT2D eigenvalue weighted by atomic mass is 9.83. The Bertz CT molecular complexity index is 582. The highest BCUT2D eigenvalue weighted by Crippen LogP contribution is 2.28. The molecule has 0 saturated heterocycles. The number of nitrogens with zero attached hydrogens (tertiary/aromatic N) is 1. The van der Waals surface area contributed by atoms with Gasteiger partial charge in [-0.1, -0.05) is 60.7 Å². The summed E-state index contributed by atoms with van der Waals surface area (Å²) in [6, 6.07) is 21.3. The first kappa shape index (κ1) is 20.1. The maximum Gasteiger partial charge on any atom is 0.0593 e. The van der Waals surface area contributed by atoms with E-state index < -0.39 is 0 Å². The Hall–Kier alpha value is -1.68. The van der Waals surface area contributed by atoms with E-state index in [0.717, 1.165) is 45.7 Å². The lowest BCUT2D eigenvalue weighted by molar-refractivity contribution is 0.0532. The summed E-state index contributed by atoms with van der Waals surface area (Å²) in [4.78, 5) is 2.47. The minimum atomic E-state index is 0.349. The molecule has 0 atom stereocenters. The van der Waals surface area contributed by atoms with Crippen LogP contribution in [0.3, 0.4) is 0 Å². The molecule has 0 aromatic heterocycles. The lowest BCUT2D eigenvalue weighted by Gasteiger charge is -2.27. The molecule has 0 unspecified atom stereocenters. The second-order valence-corrected chi connectivity index (χ2v) is 7.83. The fourth-order valence-corrected chi connectivity index (χ4v) is 3.92. The van der Waals surface area contributed by atoms with Gasteiger partial charge in [0.1, 0.15) is 0 Å². The summed E-state index contributed by atoms with van der Waals surface area (Å²) >= 11 is 0. The molecule has 1 fully saturated rings. The monoisotopic (exact) mass is 367 g/mol. The fraction of sp³-hybridized carbons (Fsp3) is 0.500. The van der Waals surface area contributed by atoms with Gasteiger partial charge in [-0.25, -0.2) is 0 Å². The third-order valence-electron chi connectivity index (χ3n) is 5.63. The van der Waals surface area contributed by atoms with Crippen LogP contribution in [-0.4, -0.2) is 36.4 Å². The Morgan fingerprint density at radius 3 is 1.81 bits per heavy atom. The number of ether oxygens (including phenoxy) is 1. The molecule has 0 aliphatic heterocycles. The minimum Gasteiger partial charge on any atom is -0.396 e. The van der Waals surface area contributed by atoms with Crippen LogP contribution < -0.4 is 0 Å². The molecule has 1 N–H and O–H groups in total. The number of aliphatic hydroxyl groups is 1. The van der Waals surface area contributed by atoms with Gasteiger partial charge in [0.05, 0.1) is 6.61 Å². The molecule has 3 heteroatoms. The summed E-state index contributed by atoms with van der Waals surface area (Å²) in [5, 5.41) is 9.26. The van der Waals surface area contributed by atoms with E-state index in [-0.39, 0.29) is 0 Å². The summed E-state index contributed by atoms with van der Waals surface area (Å²) in [6.45, 7) is 4.82. The van der Waals surface area contributed by atoms with Gasteiger partial charge in [-0.3, -0.25) is 4.90 Å². The number of aliphatic hydroxyl groups excluding tert-OH is 1. The van der Waals surface area contributed by atoms with E-state index in [1.165, 1.54) is 24.0 Å². The molecule has 0 heterocycles. The normalized spacial score (nSPS) is 20.1. The first-order chi connectivity index (χ1) is 13.3. The topological polar surface area (TPSA) is 32.7 Å². The van der Waals surface area contributed by atoms with Gasteiger partial charge in [0.25, 0.3) is 0 Å². The van der Waals surface area contributed by atoms with Gasteiger partial charge in [0, 0.05) is 32.8 Å². The van der Waals surface area contributed by atoms with Crippen LogP contribution in [0.15, 0.2) is 60.7 Å². The summed E-state index contributed by atoms with van der Waals surface area (Å²) in [6.07, 6.45) is 4.70. The van der Waals surface area contributed by atoms with Crippen molar-refractivity contribution in [3.8, 4) is 0 Å². The molecule has 3 rings (SSSR count). The second kappa shape index (κ2) is 11.2. The standard InChI is InChI=1S/C24H33NO2/c26-19-23-11-13-24(14-12-23)20-27-16-15-25(17-21-7-3-1-4-8-21)18-22-9-5-2-6-10-22/h1-10,23-24,26H,11-20H2/t23-,24-. The van der Waals surface area contributed by atoms with Crippen molar-refractivity contribution in [2.45, 2.75) is 38.8 Å². The Labute approximate surface area is 164 Å². The Balaban J connectivity index is 1.45. The number of rotatable bonds is 10. The molecule has 2 aromatic rings. The van der Waals surface area contributed by atoms with Crippen LogP contribution in [0.4, 0.5) is 0 Å². The van der Waals surface area contributed by atoms with E-state index in [1.54, 1.807) is 0 Å². The Kier molecular flexibility index (Phi) is 8.34. The molecule has 146 valence electrons. The third-order valence-corrected chi connectivity index (χ3v) is 5.63. The zero-order valence-electron chi connectivity index (χ0n) is 16.3. The SMILES string of the molecule is OC[C@H]1CC[C@H](COCCN(Cc2ccccc2)Cc2ccccc2)CC1. The smallest absolute Gasteiger partial charge is 0.0593 e. The van der Waals surface area contributed by atoms with Crippen molar-refractivity contribution in [1.29, 1.82) is 0 Å². The van der Waals surface area contributed by atoms with Crippen LogP contribution >= 0.6 is 0 Å². The molecule has 0 spiro atoms. The van der Waals surface area contributed by atoms with Crippen LogP contribution in [0, 0.1) is 11.8 Å². The highest BCUT2D eigenvalue weighted by atomic mass is 16.5. The van der Waals surface area contributed by atoms with Crippen molar-refractivity contribution in [1.82, 2.24) is 4.90 Å². The van der Waals surface area contributed by atoms with Crippen LogP contribution in [0.25, 0.3) is 0 Å². The zero-order chi connectivity index (χ0) is 18.7. The van der Waals surface area contributed by atoms with Gasteiger partial charge in [0.2, 0.25) is 0 Å². The van der Waals surface area contributed by atoms with E-state index in [1.807, 2.05) is 0 Å². The van der Waals surface area contributed by atoms with Gasteiger partial charge in [0.15, 0.2) is 0 Å². The van der Waals surface area contributed by atoms with E-state index in [2.05, 4.69) is 65.6 Å². The van der Waals surface area contributed by atoms with Crippen molar-refractivity contribution in [2.24, 2.45) is 11.8 Å². The van der Waals surface area contributed by atoms with Crippen molar-refractivity contribution < 1.29 is 9.84 Å². The first-order valence-electron chi connectivity index (χ1n) is 10.3. The van der Waals surface area contributed by atoms with E-state index in [4.69, 9.17) is 4.74 Å². The van der Waals surface area contributed by atoms with Crippen molar-refractivity contribution in [3.05, 3.63) is 71.8 Å². The molecule has 0 radical (unpaired) electrons. The summed E-state index contributed by atoms with van der Waals surface area (Å²) < 4.78 is 6.04. The molecule has 2 aromatic carbocycles. The molecule has 3 nitrogen and oxygen atoms in total. The average Bonchev–Trinajstić information content (AvgIpc) is 2.73. The van der Waals surface area contributed by atoms with E-state index in [0.29, 0.717) is 18.4 Å². The van der Waals surface area contributed by atoms with Crippen LogP contribution in [-0.2, 0) is 17.8 Å². The summed E-state index contributed by atoms with van der Waals surface area (Å²) in [5.41, 5.74) is 2.69. The molecular formula is C24H33NO2. The second-order valence-electron chi connectivity index (χ2n) is 7.83. The van der Waals surface area contributed by atoms with Gasteiger partial charge in [-0.2, -0.15) is 0 Å². The highest BCUT2D eigenvalue weighted by Gasteiger charge is 2.20. The summed E-state index contributed by atoms with van der Waals surface area (Å²) in [7, 11) is 0. The molecule has 27 heavy (non-hydrogen) atoms. The highest BCUT2D eigenvalue weighted by molar-refractivity contribution is 5.17. The molecule has 1 saturated carbocycles. The van der Waals surface area contributed by atoms with Crippen LogP contribution in [0.5, 0.6) is 0 Å². The number of hydrogen-bond acceptors (Lipinski definition) is 3. The Morgan fingerprint density at radius 1 is 0.778 bits per heavy atom. The maximum absolute atomic E-state index is 9.26. The Morgan fingerprint density at radius 2 is 1.30 bits per heavy atom. The molecule has 0 amide bonds. The predicted octanol–water partition coefficient (Wildman–Crippen LogP) is 4.50. The average molecular weight is 368 g/mol. The number of benzene rings is 2. The first-order valence-corrected chi connectivity index (χ1v) is 10.3. The van der Waals surface area contributed by atoms with Gasteiger partial charge in [-0.05, 0) is 48.6 Å². The van der Waals surface area contributed by atoms with E-state index >= 15 is 0 Å². The number of hydrogen-bond donors (Lipinski definition) is 1. The van der Waals surface area contributed by atoms with Crippen molar-refractivity contribution in [2.75, 3.05) is 26.4 Å². The largest absolute Gasteiger partial charge is 0.396 e. The van der Waals surface area contributed by atoms with Gasteiger partial charge >= 0.3 is 0 Å². The van der Waals surface area contributed by atoms with Crippen LogP contribution in [0.1, 0.15) is 36.8 Å². The van der Waals surface area contributed by atoms with E-state index in [9.17, 15) is 5.11 Å². The predicted molar refractivity (Wildman–Crippen MR) is 110 cm³/mol. The lowest BCUT2D eigenvalue weighted by Crippen LogP contribution is -2.28. The molecule has 1 aliphatic carbocycles. The summed E-state index contributed by atoms with van der Waals surface area (Å²) in [5.74, 6) is 1.19. The van der Waals surface area contributed by atoms with Crippen molar-refractivity contribution >= 4 is 0 Å². The minimum absolute atomic E-state index is 0.349. The third kappa shape index (κ3) is 7.10. The molecule has 0 bridgehead atoms. The fourth-order valence-electron chi connectivity index (χ4n) is 3.92. The van der Waals surface area contributed by atoms with Crippen LogP contribution in [0.2, 0.25) is 0 Å². The molecule has 1 aliphatic rings. The maximum atomic E-state index is 9.26. The van der Waals surface area contributed by atoms with Gasteiger partial charge < -0.3 is 9.84 Å². The van der Waals surface area contributed by atoms with Gasteiger partial charge in [-0.15, -0.1) is 0 Å². The zero-order valence-corrected chi connectivity index (χ0v) is 16.3. The van der Waals surface area contributed by atoms with Crippen molar-refractivity contribution in [3.63, 3.8) is 0 Å².